The van der Waals surface area contributed by atoms with Crippen molar-refractivity contribution in [3.63, 3.8) is 0 Å². The highest BCUT2D eigenvalue weighted by molar-refractivity contribution is 5.92. The number of pyridine rings is 2. The van der Waals surface area contributed by atoms with Crippen LogP contribution in [0.3, 0.4) is 0 Å². The molecule has 0 saturated heterocycles. The third-order valence-corrected chi connectivity index (χ3v) is 4.55. The first-order valence-corrected chi connectivity index (χ1v) is 9.11. The number of aryl methyl sites for hydroxylation is 1. The Hall–Kier alpha value is -3.67. The van der Waals surface area contributed by atoms with E-state index >= 15 is 0 Å². The SMILES string of the molecule is CNc1cc2c(=O)c3cccnc3ccc2cn1.COc1ccc(C)c(OC)c1. The first-order valence-electron chi connectivity index (χ1n) is 9.11. The standard InChI is InChI=1S/C14H11N3O.C9H12O2/c1-15-13-7-11-9(8-17-13)4-5-12-10(14(11)18)3-2-6-16-12;1-7-4-5-8(10-2)6-9(7)11-3/h2-8H,1H3,(H,15,17);4-6H,1-3H3. The van der Waals surface area contributed by atoms with Crippen molar-refractivity contribution < 1.29 is 9.47 Å². The Labute approximate surface area is 169 Å². The average molecular weight is 389 g/mol. The number of benzene rings is 1. The van der Waals surface area contributed by atoms with E-state index in [0.717, 1.165) is 22.4 Å². The summed E-state index contributed by atoms with van der Waals surface area (Å²) in [6.07, 6.45) is 3.38. The van der Waals surface area contributed by atoms with Crippen LogP contribution in [0.4, 0.5) is 5.82 Å². The van der Waals surface area contributed by atoms with Crippen LogP contribution in [-0.4, -0.2) is 31.2 Å². The second-order valence-electron chi connectivity index (χ2n) is 6.34. The molecule has 0 radical (unpaired) electrons. The Morgan fingerprint density at radius 3 is 2.48 bits per heavy atom. The van der Waals surface area contributed by atoms with E-state index < -0.39 is 0 Å². The zero-order chi connectivity index (χ0) is 20.8. The number of hydrogen-bond donors (Lipinski definition) is 1. The molecule has 148 valence electrons. The maximum atomic E-state index is 12.5. The number of hydrogen-bond acceptors (Lipinski definition) is 6. The van der Waals surface area contributed by atoms with Gasteiger partial charge in [-0.2, -0.15) is 0 Å². The van der Waals surface area contributed by atoms with Crippen molar-refractivity contribution in [2.24, 2.45) is 0 Å². The Bertz CT molecular complexity index is 1210. The molecule has 6 heteroatoms. The molecule has 1 N–H and O–H groups in total. The molecule has 0 spiro atoms. The summed E-state index contributed by atoms with van der Waals surface area (Å²) >= 11 is 0. The molecule has 0 saturated carbocycles. The van der Waals surface area contributed by atoms with Crippen molar-refractivity contribution in [2.75, 3.05) is 26.6 Å². The van der Waals surface area contributed by atoms with Crippen LogP contribution in [0.1, 0.15) is 5.56 Å². The van der Waals surface area contributed by atoms with Gasteiger partial charge in [0.05, 0.1) is 19.7 Å². The van der Waals surface area contributed by atoms with Gasteiger partial charge in [0.2, 0.25) is 0 Å². The zero-order valence-corrected chi connectivity index (χ0v) is 16.9. The minimum Gasteiger partial charge on any atom is -0.497 e. The Morgan fingerprint density at radius 1 is 0.931 bits per heavy atom. The van der Waals surface area contributed by atoms with Crippen LogP contribution >= 0.6 is 0 Å². The minimum absolute atomic E-state index is 0.0167. The van der Waals surface area contributed by atoms with Crippen molar-refractivity contribution in [1.29, 1.82) is 0 Å². The molecule has 2 aromatic heterocycles. The molecule has 0 aliphatic rings. The summed E-state index contributed by atoms with van der Waals surface area (Å²) in [7, 11) is 5.08. The maximum Gasteiger partial charge on any atom is 0.195 e. The smallest absolute Gasteiger partial charge is 0.195 e. The summed E-state index contributed by atoms with van der Waals surface area (Å²) in [6.45, 7) is 2.00. The fourth-order valence-corrected chi connectivity index (χ4v) is 2.92. The van der Waals surface area contributed by atoms with Gasteiger partial charge < -0.3 is 14.8 Å². The monoisotopic (exact) mass is 389 g/mol. The molecule has 29 heavy (non-hydrogen) atoms. The summed E-state index contributed by atoms with van der Waals surface area (Å²) in [6, 6.07) is 14.8. The van der Waals surface area contributed by atoms with Crippen LogP contribution in [0.25, 0.3) is 21.7 Å². The predicted molar refractivity (Wildman–Crippen MR) is 117 cm³/mol. The van der Waals surface area contributed by atoms with Gasteiger partial charge >= 0.3 is 0 Å². The number of nitrogens with one attached hydrogen (secondary N) is 1. The molecule has 0 amide bonds. The molecule has 4 rings (SSSR count). The predicted octanol–water partition coefficient (Wildman–Crippen LogP) is 4.20. The molecule has 2 heterocycles. The van der Waals surface area contributed by atoms with E-state index in [4.69, 9.17) is 9.47 Å². The largest absolute Gasteiger partial charge is 0.497 e. The molecular weight excluding hydrogens is 366 g/mol. The second kappa shape index (κ2) is 9.01. The van der Waals surface area contributed by atoms with Crippen molar-refractivity contribution >= 4 is 27.5 Å². The molecule has 0 fully saturated rings. The number of rotatable bonds is 3. The third-order valence-electron chi connectivity index (χ3n) is 4.55. The van der Waals surface area contributed by atoms with E-state index in [1.54, 1.807) is 51.9 Å². The van der Waals surface area contributed by atoms with E-state index in [1.807, 2.05) is 37.3 Å². The molecule has 0 aliphatic heterocycles. The highest BCUT2D eigenvalue weighted by Crippen LogP contribution is 2.23. The Balaban J connectivity index is 0.000000188. The molecule has 0 aliphatic carbocycles. The van der Waals surface area contributed by atoms with Crippen LogP contribution in [-0.2, 0) is 0 Å². The summed E-state index contributed by atoms with van der Waals surface area (Å²) < 4.78 is 10.1. The van der Waals surface area contributed by atoms with Crippen molar-refractivity contribution in [1.82, 2.24) is 9.97 Å². The fourth-order valence-electron chi connectivity index (χ4n) is 2.92. The second-order valence-corrected chi connectivity index (χ2v) is 6.34. The number of nitrogens with zero attached hydrogens (tertiary/aromatic N) is 2. The quantitative estimate of drug-likeness (QED) is 0.566. The van der Waals surface area contributed by atoms with Crippen molar-refractivity contribution in [2.45, 2.75) is 6.92 Å². The van der Waals surface area contributed by atoms with Crippen LogP contribution in [0, 0.1) is 6.92 Å². The molecule has 0 unspecified atom stereocenters. The highest BCUT2D eigenvalue weighted by Gasteiger charge is 2.04. The van der Waals surface area contributed by atoms with Gasteiger partial charge in [0.25, 0.3) is 0 Å². The number of fused-ring (bicyclic) bond motifs is 2. The molecular formula is C23H23N3O3. The van der Waals surface area contributed by atoms with Crippen LogP contribution in [0.2, 0.25) is 0 Å². The van der Waals surface area contributed by atoms with Gasteiger partial charge in [0.1, 0.15) is 17.3 Å². The van der Waals surface area contributed by atoms with Gasteiger partial charge in [-0.15, -0.1) is 0 Å². The van der Waals surface area contributed by atoms with Gasteiger partial charge in [-0.1, -0.05) is 12.1 Å². The van der Waals surface area contributed by atoms with Gasteiger partial charge in [0.15, 0.2) is 5.43 Å². The van der Waals surface area contributed by atoms with Crippen LogP contribution < -0.4 is 20.2 Å². The molecule has 6 nitrogen and oxygen atoms in total. The Kier molecular flexibility index (Phi) is 6.24. The van der Waals surface area contributed by atoms with Crippen molar-refractivity contribution in [3.05, 3.63) is 76.7 Å². The molecule has 4 aromatic rings. The summed E-state index contributed by atoms with van der Waals surface area (Å²) in [5, 5.41) is 5.03. The van der Waals surface area contributed by atoms with E-state index in [0.29, 0.717) is 22.1 Å². The maximum absolute atomic E-state index is 12.5. The van der Waals surface area contributed by atoms with Gasteiger partial charge in [-0.25, -0.2) is 4.98 Å². The lowest BCUT2D eigenvalue weighted by molar-refractivity contribution is 0.392. The van der Waals surface area contributed by atoms with E-state index in [2.05, 4.69) is 15.3 Å². The third kappa shape index (κ3) is 4.43. The number of methoxy groups -OCH3 is 2. The van der Waals surface area contributed by atoms with Gasteiger partial charge in [-0.05, 0) is 42.8 Å². The average Bonchev–Trinajstić information content (AvgIpc) is 2.91. The van der Waals surface area contributed by atoms with Crippen LogP contribution in [0.15, 0.2) is 65.7 Å². The molecule has 0 bridgehead atoms. The summed E-state index contributed by atoms with van der Waals surface area (Å²) in [5.74, 6) is 2.37. The highest BCUT2D eigenvalue weighted by atomic mass is 16.5. The first kappa shape index (κ1) is 20.1. The van der Waals surface area contributed by atoms with Gasteiger partial charge in [-0.3, -0.25) is 9.78 Å². The van der Waals surface area contributed by atoms with E-state index in [9.17, 15) is 4.79 Å². The zero-order valence-electron chi connectivity index (χ0n) is 16.9. The normalized spacial score (nSPS) is 10.2. The minimum atomic E-state index is -0.0167. The molecule has 0 atom stereocenters. The van der Waals surface area contributed by atoms with E-state index in [1.165, 1.54) is 0 Å². The molecule has 2 aromatic carbocycles. The number of ether oxygens (including phenoxy) is 2. The van der Waals surface area contributed by atoms with Crippen LogP contribution in [0.5, 0.6) is 11.5 Å². The fraction of sp³-hybridized carbons (Fsp3) is 0.174. The summed E-state index contributed by atoms with van der Waals surface area (Å²) in [5.41, 5.74) is 1.80. The number of anilines is 1. The first-order chi connectivity index (χ1) is 14.1. The lowest BCUT2D eigenvalue weighted by Gasteiger charge is -2.05. The van der Waals surface area contributed by atoms with Gasteiger partial charge in [0, 0.05) is 41.7 Å². The number of aromatic nitrogens is 2. The topological polar surface area (TPSA) is 73.3 Å². The summed E-state index contributed by atoms with van der Waals surface area (Å²) in [4.78, 5) is 20.9. The Morgan fingerprint density at radius 2 is 1.76 bits per heavy atom. The lowest BCUT2D eigenvalue weighted by Crippen LogP contribution is -2.00. The van der Waals surface area contributed by atoms with E-state index in [-0.39, 0.29) is 5.43 Å². The lowest BCUT2D eigenvalue weighted by atomic mass is 10.2. The van der Waals surface area contributed by atoms with Crippen molar-refractivity contribution in [3.8, 4) is 11.5 Å².